The minimum absolute atomic E-state index is 0.623. The molecule has 1 heterocycles. The van der Waals surface area contributed by atoms with Crippen molar-refractivity contribution in [1.82, 2.24) is 9.55 Å². The Morgan fingerprint density at radius 1 is 1.80 bits per heavy atom. The van der Waals surface area contributed by atoms with Gasteiger partial charge in [0.1, 0.15) is 0 Å². The molecule has 10 heavy (non-hydrogen) atoms. The minimum atomic E-state index is 0.623. The van der Waals surface area contributed by atoms with Gasteiger partial charge in [0.25, 0.3) is 0 Å². The number of aromatic nitrogens is 2. The molecule has 1 aromatic heterocycles. The average molecular weight is 135 g/mol. The fourth-order valence-corrected chi connectivity index (χ4v) is 0.705. The van der Waals surface area contributed by atoms with Gasteiger partial charge in [-0.1, -0.05) is 6.08 Å². The summed E-state index contributed by atoms with van der Waals surface area (Å²) in [5, 5.41) is 0. The van der Waals surface area contributed by atoms with Gasteiger partial charge in [-0.25, -0.2) is 9.98 Å². The standard InChI is InChI=1S/C7H9N3/c1-3-5-10-6-4-9-7(10)8-2/h3-6H,2H2,1H3/b5-3-. The van der Waals surface area contributed by atoms with E-state index in [1.165, 1.54) is 0 Å². The van der Waals surface area contributed by atoms with Crippen LogP contribution in [-0.2, 0) is 0 Å². The molecule has 0 saturated heterocycles. The molecule has 3 nitrogen and oxygen atoms in total. The lowest BCUT2D eigenvalue weighted by molar-refractivity contribution is 1.11. The monoisotopic (exact) mass is 135 g/mol. The third-order valence-corrected chi connectivity index (χ3v) is 1.10. The Kier molecular flexibility index (Phi) is 1.99. The van der Waals surface area contributed by atoms with Gasteiger partial charge in [-0.15, -0.1) is 0 Å². The molecule has 0 aliphatic heterocycles. The van der Waals surface area contributed by atoms with Crippen LogP contribution < -0.4 is 0 Å². The SMILES string of the molecule is C=Nc1nccn1/C=C\C. The Morgan fingerprint density at radius 2 is 2.60 bits per heavy atom. The summed E-state index contributed by atoms with van der Waals surface area (Å²) in [7, 11) is 0. The van der Waals surface area contributed by atoms with E-state index < -0.39 is 0 Å². The summed E-state index contributed by atoms with van der Waals surface area (Å²) in [6.07, 6.45) is 7.29. The second-order valence-corrected chi connectivity index (χ2v) is 1.78. The maximum atomic E-state index is 3.94. The average Bonchev–Trinajstić information content (AvgIpc) is 2.36. The zero-order valence-electron chi connectivity index (χ0n) is 5.86. The van der Waals surface area contributed by atoms with Crippen LogP contribution in [0.3, 0.4) is 0 Å². The Labute approximate surface area is 59.7 Å². The van der Waals surface area contributed by atoms with Gasteiger partial charge in [-0.05, 0) is 13.6 Å². The fourth-order valence-electron chi connectivity index (χ4n) is 0.705. The van der Waals surface area contributed by atoms with Gasteiger partial charge < -0.3 is 0 Å². The van der Waals surface area contributed by atoms with Crippen LogP contribution in [0.4, 0.5) is 5.95 Å². The number of hydrogen-bond acceptors (Lipinski definition) is 2. The van der Waals surface area contributed by atoms with E-state index in [-0.39, 0.29) is 0 Å². The second-order valence-electron chi connectivity index (χ2n) is 1.78. The molecule has 0 radical (unpaired) electrons. The quantitative estimate of drug-likeness (QED) is 0.568. The van der Waals surface area contributed by atoms with E-state index >= 15 is 0 Å². The molecule has 1 rings (SSSR count). The van der Waals surface area contributed by atoms with E-state index in [1.54, 1.807) is 10.8 Å². The van der Waals surface area contributed by atoms with E-state index in [4.69, 9.17) is 0 Å². The van der Waals surface area contributed by atoms with Gasteiger partial charge >= 0.3 is 0 Å². The van der Waals surface area contributed by atoms with Crippen LogP contribution in [0.1, 0.15) is 6.92 Å². The van der Waals surface area contributed by atoms with Gasteiger partial charge in [-0.2, -0.15) is 0 Å². The smallest absolute Gasteiger partial charge is 0.233 e. The minimum Gasteiger partial charge on any atom is -0.292 e. The highest BCUT2D eigenvalue weighted by atomic mass is 15.1. The van der Waals surface area contributed by atoms with Crippen molar-refractivity contribution in [2.24, 2.45) is 4.99 Å². The van der Waals surface area contributed by atoms with Gasteiger partial charge in [0.05, 0.1) is 0 Å². The molecule has 0 aromatic carbocycles. The van der Waals surface area contributed by atoms with Crippen molar-refractivity contribution < 1.29 is 0 Å². The molecule has 3 heteroatoms. The molecule has 52 valence electrons. The fraction of sp³-hybridized carbons (Fsp3) is 0.143. The van der Waals surface area contributed by atoms with Crippen LogP contribution in [0.5, 0.6) is 0 Å². The predicted molar refractivity (Wildman–Crippen MR) is 42.4 cm³/mol. The summed E-state index contributed by atoms with van der Waals surface area (Å²) >= 11 is 0. The van der Waals surface area contributed by atoms with Gasteiger partial charge in [-0.3, -0.25) is 4.57 Å². The molecule has 0 atom stereocenters. The molecule has 0 fully saturated rings. The molecule has 0 saturated carbocycles. The first-order valence-electron chi connectivity index (χ1n) is 3.01. The van der Waals surface area contributed by atoms with Crippen LogP contribution in [0.15, 0.2) is 23.5 Å². The lowest BCUT2D eigenvalue weighted by Gasteiger charge is -1.92. The van der Waals surface area contributed by atoms with E-state index in [0.717, 1.165) is 0 Å². The highest BCUT2D eigenvalue weighted by Gasteiger charge is 1.92. The van der Waals surface area contributed by atoms with E-state index in [1.807, 2.05) is 25.4 Å². The number of hydrogen-bond donors (Lipinski definition) is 0. The lowest BCUT2D eigenvalue weighted by atomic mass is 10.7. The highest BCUT2D eigenvalue weighted by Crippen LogP contribution is 2.06. The number of aliphatic imine (C=N–C) groups is 1. The summed E-state index contributed by atoms with van der Waals surface area (Å²) < 4.78 is 1.80. The van der Waals surface area contributed by atoms with Crippen molar-refractivity contribution in [2.75, 3.05) is 0 Å². The van der Waals surface area contributed by atoms with E-state index in [9.17, 15) is 0 Å². The van der Waals surface area contributed by atoms with Crippen LogP contribution in [0.2, 0.25) is 0 Å². The molecule has 0 aliphatic carbocycles. The number of rotatable bonds is 2. The third-order valence-electron chi connectivity index (χ3n) is 1.10. The van der Waals surface area contributed by atoms with Gasteiger partial charge in [0, 0.05) is 18.6 Å². The first kappa shape index (κ1) is 6.74. The first-order chi connectivity index (χ1) is 4.88. The molecule has 0 bridgehead atoms. The molecule has 0 spiro atoms. The summed E-state index contributed by atoms with van der Waals surface area (Å²) in [5.74, 6) is 0.623. The largest absolute Gasteiger partial charge is 0.292 e. The normalized spacial score (nSPS) is 10.5. The van der Waals surface area contributed by atoms with E-state index in [2.05, 4.69) is 16.7 Å². The Morgan fingerprint density at radius 3 is 3.20 bits per heavy atom. The molecule has 0 aliphatic rings. The summed E-state index contributed by atoms with van der Waals surface area (Å²) in [6.45, 7) is 5.32. The number of imidazole rings is 1. The summed E-state index contributed by atoms with van der Waals surface area (Å²) in [6, 6.07) is 0. The number of nitrogens with zero attached hydrogens (tertiary/aromatic N) is 3. The van der Waals surface area contributed by atoms with Crippen molar-refractivity contribution in [3.63, 3.8) is 0 Å². The highest BCUT2D eigenvalue weighted by molar-refractivity contribution is 5.40. The predicted octanol–water partition coefficient (Wildman–Crippen LogP) is 1.71. The molecular weight excluding hydrogens is 126 g/mol. The zero-order valence-corrected chi connectivity index (χ0v) is 5.86. The van der Waals surface area contributed by atoms with Crippen molar-refractivity contribution in [2.45, 2.75) is 6.92 Å². The maximum Gasteiger partial charge on any atom is 0.233 e. The molecule has 0 amide bonds. The van der Waals surface area contributed by atoms with Crippen molar-refractivity contribution in [3.05, 3.63) is 18.5 Å². The zero-order chi connectivity index (χ0) is 7.40. The maximum absolute atomic E-state index is 3.94. The second kappa shape index (κ2) is 2.96. The molecule has 0 N–H and O–H groups in total. The Hall–Kier alpha value is -1.38. The van der Waals surface area contributed by atoms with Crippen LogP contribution in [-0.4, -0.2) is 16.3 Å². The van der Waals surface area contributed by atoms with Gasteiger partial charge in [0.2, 0.25) is 5.95 Å². The summed E-state index contributed by atoms with van der Waals surface area (Å²) in [4.78, 5) is 7.64. The van der Waals surface area contributed by atoms with Crippen LogP contribution in [0.25, 0.3) is 6.20 Å². The van der Waals surface area contributed by atoms with Crippen LogP contribution >= 0.6 is 0 Å². The number of allylic oxidation sites excluding steroid dienone is 1. The van der Waals surface area contributed by atoms with Crippen LogP contribution in [0, 0.1) is 0 Å². The Balaban J connectivity index is 3.00. The van der Waals surface area contributed by atoms with Crippen molar-refractivity contribution >= 4 is 18.9 Å². The van der Waals surface area contributed by atoms with E-state index in [0.29, 0.717) is 5.95 Å². The van der Waals surface area contributed by atoms with Crippen molar-refractivity contribution in [1.29, 1.82) is 0 Å². The van der Waals surface area contributed by atoms with Gasteiger partial charge in [0.15, 0.2) is 0 Å². The van der Waals surface area contributed by atoms with Crippen molar-refractivity contribution in [3.8, 4) is 0 Å². The molecule has 1 aromatic rings. The summed E-state index contributed by atoms with van der Waals surface area (Å²) in [5.41, 5.74) is 0. The Bertz CT molecular complexity index is 247. The topological polar surface area (TPSA) is 30.2 Å². The molecule has 0 unspecified atom stereocenters. The third kappa shape index (κ3) is 1.13. The lowest BCUT2D eigenvalue weighted by Crippen LogP contribution is -1.80. The first-order valence-corrected chi connectivity index (χ1v) is 3.01. The molecular formula is C7H9N3.